The minimum atomic E-state index is -4.84. The summed E-state index contributed by atoms with van der Waals surface area (Å²) in [6.07, 6.45) is -6.22. The van der Waals surface area contributed by atoms with Crippen molar-refractivity contribution in [1.82, 2.24) is 9.97 Å². The van der Waals surface area contributed by atoms with Crippen molar-refractivity contribution >= 4 is 21.8 Å². The fourth-order valence-corrected chi connectivity index (χ4v) is 3.13. The molecule has 0 amide bonds. The molecular formula is C19H10F6N2O. The van der Waals surface area contributed by atoms with Gasteiger partial charge in [-0.1, -0.05) is 18.2 Å². The number of rotatable bonds is 2. The van der Waals surface area contributed by atoms with Crippen LogP contribution in [0.1, 0.15) is 11.7 Å². The minimum Gasteiger partial charge on any atom is -0.379 e. The van der Waals surface area contributed by atoms with Crippen LogP contribution in [0.3, 0.4) is 0 Å². The maximum absolute atomic E-state index is 13.9. The van der Waals surface area contributed by atoms with E-state index in [0.717, 1.165) is 12.1 Å². The maximum Gasteiger partial charge on any atom is 0.418 e. The standard InChI is InChI=1S/C19H10F6N2O/c20-12-6-10-11(7-26-17(10)16(22)15(12)21)14-5-4-8-9(18(28)19(23,24)25)2-1-3-13(8)27-14/h1-7,18,26,28H. The van der Waals surface area contributed by atoms with Crippen molar-refractivity contribution in [2.75, 3.05) is 0 Å². The molecule has 0 fully saturated rings. The molecule has 2 N–H and O–H groups in total. The van der Waals surface area contributed by atoms with E-state index < -0.39 is 29.7 Å². The molecule has 4 aromatic rings. The summed E-state index contributed by atoms with van der Waals surface area (Å²) >= 11 is 0. The highest BCUT2D eigenvalue weighted by molar-refractivity contribution is 5.96. The summed E-state index contributed by atoms with van der Waals surface area (Å²) in [7, 11) is 0. The molecule has 4 rings (SSSR count). The molecule has 9 heteroatoms. The number of aromatic amines is 1. The minimum absolute atomic E-state index is 0.0368. The highest BCUT2D eigenvalue weighted by atomic mass is 19.4. The van der Waals surface area contributed by atoms with Gasteiger partial charge in [-0.3, -0.25) is 0 Å². The number of aliphatic hydroxyl groups is 1. The van der Waals surface area contributed by atoms with Crippen LogP contribution in [0.4, 0.5) is 26.3 Å². The highest BCUT2D eigenvalue weighted by Crippen LogP contribution is 2.37. The average molecular weight is 396 g/mol. The Kier molecular flexibility index (Phi) is 4.07. The van der Waals surface area contributed by atoms with Gasteiger partial charge >= 0.3 is 6.18 Å². The van der Waals surface area contributed by atoms with Crippen molar-refractivity contribution in [3.63, 3.8) is 0 Å². The summed E-state index contributed by atoms with van der Waals surface area (Å²) in [6, 6.07) is 7.40. The Morgan fingerprint density at radius 2 is 1.71 bits per heavy atom. The second-order valence-corrected chi connectivity index (χ2v) is 6.17. The first-order valence-electron chi connectivity index (χ1n) is 7.98. The van der Waals surface area contributed by atoms with E-state index in [4.69, 9.17) is 0 Å². The second-order valence-electron chi connectivity index (χ2n) is 6.17. The average Bonchev–Trinajstić information content (AvgIpc) is 3.07. The first-order chi connectivity index (χ1) is 13.2. The summed E-state index contributed by atoms with van der Waals surface area (Å²) in [5.74, 6) is -4.36. The number of hydrogen-bond acceptors (Lipinski definition) is 2. The molecule has 0 aliphatic carbocycles. The number of aromatic nitrogens is 2. The van der Waals surface area contributed by atoms with E-state index in [1.807, 2.05) is 0 Å². The molecule has 0 radical (unpaired) electrons. The van der Waals surface area contributed by atoms with Crippen LogP contribution in [0.25, 0.3) is 33.1 Å². The van der Waals surface area contributed by atoms with Crippen LogP contribution in [0.2, 0.25) is 0 Å². The van der Waals surface area contributed by atoms with E-state index in [1.54, 1.807) is 0 Å². The highest BCUT2D eigenvalue weighted by Gasteiger charge is 2.40. The Morgan fingerprint density at radius 1 is 0.964 bits per heavy atom. The normalized spacial score (nSPS) is 13.4. The largest absolute Gasteiger partial charge is 0.418 e. The van der Waals surface area contributed by atoms with Gasteiger partial charge in [-0.25, -0.2) is 18.2 Å². The molecule has 0 aliphatic heterocycles. The van der Waals surface area contributed by atoms with Gasteiger partial charge in [-0.05, 0) is 23.8 Å². The van der Waals surface area contributed by atoms with E-state index in [1.165, 1.54) is 30.5 Å². The number of benzene rings is 2. The van der Waals surface area contributed by atoms with Crippen LogP contribution in [-0.2, 0) is 0 Å². The van der Waals surface area contributed by atoms with Crippen molar-refractivity contribution in [2.45, 2.75) is 12.3 Å². The van der Waals surface area contributed by atoms with Crippen LogP contribution in [-0.4, -0.2) is 21.3 Å². The molecule has 2 heterocycles. The SMILES string of the molecule is OC(c1cccc2nc(-c3c[nH]c4c(F)c(F)c(F)cc34)ccc12)C(F)(F)F. The zero-order chi connectivity index (χ0) is 20.2. The smallest absolute Gasteiger partial charge is 0.379 e. The molecule has 0 aliphatic rings. The van der Waals surface area contributed by atoms with Gasteiger partial charge in [-0.2, -0.15) is 13.2 Å². The van der Waals surface area contributed by atoms with Crippen molar-refractivity contribution in [3.8, 4) is 11.3 Å². The van der Waals surface area contributed by atoms with Crippen LogP contribution in [0.15, 0.2) is 42.6 Å². The summed E-state index contributed by atoms with van der Waals surface area (Å²) < 4.78 is 79.5. The van der Waals surface area contributed by atoms with E-state index in [-0.39, 0.29) is 38.6 Å². The lowest BCUT2D eigenvalue weighted by atomic mass is 10.0. The number of hydrogen-bond donors (Lipinski definition) is 2. The monoisotopic (exact) mass is 396 g/mol. The van der Waals surface area contributed by atoms with Gasteiger partial charge in [0.2, 0.25) is 0 Å². The molecule has 28 heavy (non-hydrogen) atoms. The van der Waals surface area contributed by atoms with E-state index in [0.29, 0.717) is 0 Å². The number of nitrogens with one attached hydrogen (secondary N) is 1. The molecule has 2 aromatic heterocycles. The zero-order valence-electron chi connectivity index (χ0n) is 13.8. The van der Waals surface area contributed by atoms with Gasteiger partial charge in [0.25, 0.3) is 0 Å². The van der Waals surface area contributed by atoms with Crippen LogP contribution in [0, 0.1) is 17.5 Å². The number of pyridine rings is 1. The van der Waals surface area contributed by atoms with Crippen LogP contribution in [0.5, 0.6) is 0 Å². The van der Waals surface area contributed by atoms with Crippen molar-refractivity contribution in [1.29, 1.82) is 0 Å². The number of alkyl halides is 3. The molecule has 144 valence electrons. The number of nitrogens with zero attached hydrogens (tertiary/aromatic N) is 1. The summed E-state index contributed by atoms with van der Waals surface area (Å²) in [6.45, 7) is 0. The van der Waals surface area contributed by atoms with Gasteiger partial charge in [0.05, 0.1) is 16.7 Å². The molecule has 3 nitrogen and oxygen atoms in total. The molecule has 2 aromatic carbocycles. The molecule has 0 saturated heterocycles. The molecule has 0 bridgehead atoms. The van der Waals surface area contributed by atoms with Crippen molar-refractivity contribution in [2.24, 2.45) is 0 Å². The third-order valence-corrected chi connectivity index (χ3v) is 4.46. The number of H-pyrrole nitrogens is 1. The molecule has 0 saturated carbocycles. The van der Waals surface area contributed by atoms with E-state index in [2.05, 4.69) is 9.97 Å². The number of aliphatic hydroxyl groups excluding tert-OH is 1. The first kappa shape index (κ1) is 18.3. The molecule has 0 spiro atoms. The summed E-state index contributed by atoms with van der Waals surface area (Å²) in [5, 5.41) is 9.68. The Bertz CT molecular complexity index is 1210. The molecular weight excluding hydrogens is 386 g/mol. The van der Waals surface area contributed by atoms with Gasteiger partial charge in [0.1, 0.15) is 0 Å². The first-order valence-corrected chi connectivity index (χ1v) is 7.98. The number of fused-ring (bicyclic) bond motifs is 2. The van der Waals surface area contributed by atoms with Crippen molar-refractivity contribution < 1.29 is 31.4 Å². The lowest BCUT2D eigenvalue weighted by Gasteiger charge is -2.16. The fraction of sp³-hybridized carbons (Fsp3) is 0.105. The topological polar surface area (TPSA) is 48.9 Å². The Hall–Kier alpha value is -3.07. The predicted molar refractivity (Wildman–Crippen MR) is 89.9 cm³/mol. The molecule has 1 atom stereocenters. The van der Waals surface area contributed by atoms with Gasteiger partial charge in [0.15, 0.2) is 23.6 Å². The van der Waals surface area contributed by atoms with Gasteiger partial charge in [0, 0.05) is 22.5 Å². The number of halogens is 6. The Morgan fingerprint density at radius 3 is 2.43 bits per heavy atom. The third kappa shape index (κ3) is 2.78. The summed E-state index contributed by atoms with van der Waals surface area (Å²) in [4.78, 5) is 6.75. The molecule has 1 unspecified atom stereocenters. The summed E-state index contributed by atoms with van der Waals surface area (Å²) in [5.41, 5.74) is -0.00540. The van der Waals surface area contributed by atoms with Crippen LogP contribution < -0.4 is 0 Å². The van der Waals surface area contributed by atoms with E-state index in [9.17, 15) is 31.4 Å². The fourth-order valence-electron chi connectivity index (χ4n) is 3.13. The lowest BCUT2D eigenvalue weighted by Crippen LogP contribution is -2.20. The maximum atomic E-state index is 13.9. The van der Waals surface area contributed by atoms with Gasteiger partial charge < -0.3 is 10.1 Å². The lowest BCUT2D eigenvalue weighted by molar-refractivity contribution is -0.206. The second kappa shape index (κ2) is 6.23. The van der Waals surface area contributed by atoms with Crippen LogP contribution >= 0.6 is 0 Å². The Balaban J connectivity index is 1.89. The zero-order valence-corrected chi connectivity index (χ0v) is 13.8. The third-order valence-electron chi connectivity index (χ3n) is 4.46. The Labute approximate surface area is 153 Å². The quantitative estimate of drug-likeness (QED) is 0.352. The van der Waals surface area contributed by atoms with Gasteiger partial charge in [-0.15, -0.1) is 0 Å². The van der Waals surface area contributed by atoms with Crippen molar-refractivity contribution in [3.05, 3.63) is 65.6 Å². The predicted octanol–water partition coefficient (Wildman–Crippen LogP) is 5.40. The van der Waals surface area contributed by atoms with E-state index >= 15 is 0 Å².